The number of rotatable bonds is 3. The van der Waals surface area contributed by atoms with E-state index in [1.165, 1.54) is 13.2 Å². The SMILES string of the molecule is COC(=O)c1cnc(Oc2c(F)cccc2F)cn1. The first-order chi connectivity index (χ1) is 9.11. The van der Waals surface area contributed by atoms with Crippen LogP contribution in [-0.4, -0.2) is 23.0 Å². The van der Waals surface area contributed by atoms with E-state index in [1.807, 2.05) is 0 Å². The van der Waals surface area contributed by atoms with Crippen molar-refractivity contribution in [1.29, 1.82) is 0 Å². The molecule has 5 nitrogen and oxygen atoms in total. The van der Waals surface area contributed by atoms with Crippen LogP contribution in [0.25, 0.3) is 0 Å². The first-order valence-electron chi connectivity index (χ1n) is 5.14. The minimum absolute atomic E-state index is 0.0381. The quantitative estimate of drug-likeness (QED) is 0.798. The number of nitrogens with zero attached hydrogens (tertiary/aromatic N) is 2. The zero-order valence-electron chi connectivity index (χ0n) is 9.76. The number of ether oxygens (including phenoxy) is 2. The van der Waals surface area contributed by atoms with E-state index in [9.17, 15) is 13.6 Å². The molecule has 0 saturated heterocycles. The van der Waals surface area contributed by atoms with Crippen molar-refractivity contribution in [3.63, 3.8) is 0 Å². The molecule has 7 heteroatoms. The first kappa shape index (κ1) is 12.9. The van der Waals surface area contributed by atoms with Crippen LogP contribution < -0.4 is 4.74 Å². The highest BCUT2D eigenvalue weighted by molar-refractivity contribution is 5.86. The molecule has 19 heavy (non-hydrogen) atoms. The second-order valence-corrected chi connectivity index (χ2v) is 3.38. The Labute approximate surface area is 106 Å². The van der Waals surface area contributed by atoms with Crippen LogP contribution in [0.4, 0.5) is 8.78 Å². The summed E-state index contributed by atoms with van der Waals surface area (Å²) < 4.78 is 36.0. The zero-order chi connectivity index (χ0) is 13.8. The Balaban J connectivity index is 2.22. The average molecular weight is 266 g/mol. The summed E-state index contributed by atoms with van der Waals surface area (Å²) in [5.74, 6) is -3.12. The molecule has 2 rings (SSSR count). The van der Waals surface area contributed by atoms with Gasteiger partial charge in [0.15, 0.2) is 17.3 Å². The number of para-hydroxylation sites is 1. The molecule has 0 aliphatic heterocycles. The molecule has 0 fully saturated rings. The maximum Gasteiger partial charge on any atom is 0.358 e. The van der Waals surface area contributed by atoms with Crippen LogP contribution in [0.2, 0.25) is 0 Å². The van der Waals surface area contributed by atoms with E-state index in [0.717, 1.165) is 24.5 Å². The van der Waals surface area contributed by atoms with Crippen molar-refractivity contribution in [3.8, 4) is 11.6 Å². The number of benzene rings is 1. The van der Waals surface area contributed by atoms with E-state index >= 15 is 0 Å². The van der Waals surface area contributed by atoms with Crippen molar-refractivity contribution < 1.29 is 23.0 Å². The molecule has 0 aliphatic carbocycles. The average Bonchev–Trinajstić information content (AvgIpc) is 2.43. The van der Waals surface area contributed by atoms with Gasteiger partial charge >= 0.3 is 5.97 Å². The molecule has 0 bridgehead atoms. The Morgan fingerprint density at radius 3 is 2.37 bits per heavy atom. The van der Waals surface area contributed by atoms with Gasteiger partial charge in [-0.15, -0.1) is 0 Å². The summed E-state index contributed by atoms with van der Waals surface area (Å²) >= 11 is 0. The van der Waals surface area contributed by atoms with Gasteiger partial charge in [0.25, 0.3) is 0 Å². The van der Waals surface area contributed by atoms with Crippen molar-refractivity contribution in [2.75, 3.05) is 7.11 Å². The fourth-order valence-corrected chi connectivity index (χ4v) is 1.26. The molecule has 2 aromatic rings. The molecule has 0 radical (unpaired) electrons. The molecule has 0 spiro atoms. The second kappa shape index (κ2) is 5.38. The van der Waals surface area contributed by atoms with Gasteiger partial charge < -0.3 is 9.47 Å². The van der Waals surface area contributed by atoms with E-state index in [0.29, 0.717) is 0 Å². The van der Waals surface area contributed by atoms with Crippen molar-refractivity contribution in [2.45, 2.75) is 0 Å². The van der Waals surface area contributed by atoms with Crippen LogP contribution in [-0.2, 0) is 4.74 Å². The fraction of sp³-hybridized carbons (Fsp3) is 0.0833. The minimum Gasteiger partial charge on any atom is -0.464 e. The number of hydrogen-bond acceptors (Lipinski definition) is 5. The summed E-state index contributed by atoms with van der Waals surface area (Å²) in [5.41, 5.74) is -0.0381. The Morgan fingerprint density at radius 1 is 1.16 bits per heavy atom. The Morgan fingerprint density at radius 2 is 1.84 bits per heavy atom. The molecular formula is C12H8F2N2O3. The molecule has 1 heterocycles. The van der Waals surface area contributed by atoms with Crippen molar-refractivity contribution >= 4 is 5.97 Å². The molecule has 0 saturated carbocycles. The highest BCUT2D eigenvalue weighted by Gasteiger charge is 2.13. The molecule has 1 aromatic carbocycles. The Bertz CT molecular complexity index is 582. The summed E-state index contributed by atoms with van der Waals surface area (Å²) in [4.78, 5) is 18.5. The Kier molecular flexibility index (Phi) is 3.65. The lowest BCUT2D eigenvalue weighted by Gasteiger charge is -2.06. The largest absolute Gasteiger partial charge is 0.464 e. The lowest BCUT2D eigenvalue weighted by Crippen LogP contribution is -2.05. The van der Waals surface area contributed by atoms with Gasteiger partial charge in [-0.05, 0) is 12.1 Å². The standard InChI is InChI=1S/C12H8F2N2O3/c1-18-12(17)9-5-16-10(6-15-9)19-11-7(13)3-2-4-8(11)14/h2-6H,1H3. The van der Waals surface area contributed by atoms with E-state index in [1.54, 1.807) is 0 Å². The van der Waals surface area contributed by atoms with Crippen molar-refractivity contribution in [3.05, 3.63) is 47.9 Å². The van der Waals surface area contributed by atoms with Crippen molar-refractivity contribution in [1.82, 2.24) is 9.97 Å². The third-order valence-electron chi connectivity index (χ3n) is 2.15. The summed E-state index contributed by atoms with van der Waals surface area (Å²) in [7, 11) is 1.20. The number of carbonyl (C=O) groups excluding carboxylic acids is 1. The van der Waals surface area contributed by atoms with Gasteiger partial charge in [0, 0.05) is 0 Å². The molecule has 0 N–H and O–H groups in total. The molecule has 0 amide bonds. The van der Waals surface area contributed by atoms with Gasteiger partial charge in [-0.3, -0.25) is 0 Å². The number of hydrogen-bond donors (Lipinski definition) is 0. The monoisotopic (exact) mass is 266 g/mol. The van der Waals surface area contributed by atoms with Gasteiger partial charge in [-0.1, -0.05) is 6.07 Å². The second-order valence-electron chi connectivity index (χ2n) is 3.38. The van der Waals surface area contributed by atoms with Gasteiger partial charge in [-0.25, -0.2) is 23.5 Å². The number of methoxy groups -OCH3 is 1. The smallest absolute Gasteiger partial charge is 0.358 e. The van der Waals surface area contributed by atoms with Crippen molar-refractivity contribution in [2.24, 2.45) is 0 Å². The van der Waals surface area contributed by atoms with E-state index in [-0.39, 0.29) is 11.6 Å². The molecule has 98 valence electrons. The van der Waals surface area contributed by atoms with Gasteiger partial charge in [0.2, 0.25) is 11.6 Å². The molecule has 0 unspecified atom stereocenters. The highest BCUT2D eigenvalue weighted by Crippen LogP contribution is 2.25. The van der Waals surface area contributed by atoms with Gasteiger partial charge in [0.1, 0.15) is 0 Å². The molecular weight excluding hydrogens is 258 g/mol. The maximum absolute atomic E-state index is 13.3. The van der Waals surface area contributed by atoms with Crippen LogP contribution in [0.5, 0.6) is 11.6 Å². The normalized spacial score (nSPS) is 10.1. The van der Waals surface area contributed by atoms with Crippen LogP contribution >= 0.6 is 0 Å². The number of carbonyl (C=O) groups is 1. The molecule has 1 aromatic heterocycles. The minimum atomic E-state index is -0.862. The highest BCUT2D eigenvalue weighted by atomic mass is 19.1. The Hall–Kier alpha value is -2.57. The van der Waals surface area contributed by atoms with Gasteiger partial charge in [-0.2, -0.15) is 0 Å². The molecule has 0 atom stereocenters. The summed E-state index contributed by atoms with van der Waals surface area (Å²) in [6.45, 7) is 0. The molecule has 0 aliphatic rings. The summed E-state index contributed by atoms with van der Waals surface area (Å²) in [6.07, 6.45) is 2.15. The third-order valence-corrected chi connectivity index (χ3v) is 2.15. The lowest BCUT2D eigenvalue weighted by atomic mass is 10.3. The van der Waals surface area contributed by atoms with Crippen LogP contribution in [0.1, 0.15) is 10.5 Å². The number of aromatic nitrogens is 2. The fourth-order valence-electron chi connectivity index (χ4n) is 1.26. The van der Waals surface area contributed by atoms with E-state index in [2.05, 4.69) is 14.7 Å². The summed E-state index contributed by atoms with van der Waals surface area (Å²) in [6, 6.07) is 3.31. The van der Waals surface area contributed by atoms with Gasteiger partial charge in [0.05, 0.1) is 19.5 Å². The third kappa shape index (κ3) is 2.82. The maximum atomic E-state index is 13.3. The first-order valence-corrected chi connectivity index (χ1v) is 5.14. The van der Waals surface area contributed by atoms with Crippen LogP contribution in [0, 0.1) is 11.6 Å². The van der Waals surface area contributed by atoms with E-state index in [4.69, 9.17) is 4.74 Å². The predicted molar refractivity (Wildman–Crippen MR) is 59.8 cm³/mol. The van der Waals surface area contributed by atoms with Crippen LogP contribution in [0.3, 0.4) is 0 Å². The summed E-state index contributed by atoms with van der Waals surface area (Å²) in [5, 5.41) is 0. The van der Waals surface area contributed by atoms with Crippen LogP contribution in [0.15, 0.2) is 30.6 Å². The lowest BCUT2D eigenvalue weighted by molar-refractivity contribution is 0.0593. The zero-order valence-corrected chi connectivity index (χ0v) is 9.76. The van der Waals surface area contributed by atoms with E-state index < -0.39 is 23.4 Å². The number of esters is 1. The topological polar surface area (TPSA) is 61.3 Å². The number of halogens is 2. The predicted octanol–water partition coefficient (Wildman–Crippen LogP) is 2.33.